The summed E-state index contributed by atoms with van der Waals surface area (Å²) in [7, 11) is 1.55. The second kappa shape index (κ2) is 5.74. The number of carbonyl (C=O) groups excluding carboxylic acids is 1. The molecule has 0 saturated heterocycles. The van der Waals surface area contributed by atoms with Gasteiger partial charge in [0, 0.05) is 5.56 Å². The number of ether oxygens (including phenoxy) is 1. The maximum atomic E-state index is 12.0. The van der Waals surface area contributed by atoms with Crippen molar-refractivity contribution in [1.29, 1.82) is 5.26 Å². The van der Waals surface area contributed by atoms with Gasteiger partial charge in [0.05, 0.1) is 19.4 Å². The van der Waals surface area contributed by atoms with Crippen molar-refractivity contribution in [2.24, 2.45) is 0 Å². The summed E-state index contributed by atoms with van der Waals surface area (Å²) < 4.78 is 10.1. The Morgan fingerprint density at radius 1 is 1.37 bits per heavy atom. The second-order valence-electron chi connectivity index (χ2n) is 3.78. The van der Waals surface area contributed by atoms with Crippen LogP contribution in [0.4, 0.5) is 0 Å². The standard InChI is InChI=1S/C14H12N2O3/c1-18-11-6-4-10(5-7-11)14(17)16-12(9-15)13-3-2-8-19-13/h2-8,12H,1H3,(H,16,17). The molecule has 19 heavy (non-hydrogen) atoms. The molecule has 0 saturated carbocycles. The molecule has 0 aliphatic rings. The largest absolute Gasteiger partial charge is 0.497 e. The minimum Gasteiger partial charge on any atom is -0.497 e. The van der Waals surface area contributed by atoms with Crippen molar-refractivity contribution in [1.82, 2.24) is 5.32 Å². The van der Waals surface area contributed by atoms with E-state index in [1.165, 1.54) is 6.26 Å². The van der Waals surface area contributed by atoms with Gasteiger partial charge in [-0.05, 0) is 36.4 Å². The Labute approximate surface area is 110 Å². The Hall–Kier alpha value is -2.74. The summed E-state index contributed by atoms with van der Waals surface area (Å²) >= 11 is 0. The zero-order valence-corrected chi connectivity index (χ0v) is 10.3. The van der Waals surface area contributed by atoms with Crippen molar-refractivity contribution >= 4 is 5.91 Å². The fourth-order valence-electron chi connectivity index (χ4n) is 1.58. The van der Waals surface area contributed by atoms with Gasteiger partial charge >= 0.3 is 0 Å². The normalized spacial score (nSPS) is 11.4. The van der Waals surface area contributed by atoms with Crippen LogP contribution >= 0.6 is 0 Å². The Morgan fingerprint density at radius 3 is 2.63 bits per heavy atom. The quantitative estimate of drug-likeness (QED) is 0.910. The van der Waals surface area contributed by atoms with Crippen LogP contribution in [0.5, 0.6) is 5.75 Å². The predicted octanol–water partition coefficient (Wildman–Crippen LogP) is 2.28. The molecule has 2 rings (SSSR count). The summed E-state index contributed by atoms with van der Waals surface area (Å²) in [5.41, 5.74) is 0.451. The molecule has 0 spiro atoms. The van der Waals surface area contributed by atoms with Gasteiger partial charge in [0.2, 0.25) is 0 Å². The topological polar surface area (TPSA) is 75.3 Å². The summed E-state index contributed by atoms with van der Waals surface area (Å²) in [6.45, 7) is 0. The lowest BCUT2D eigenvalue weighted by atomic mass is 10.1. The molecule has 1 aromatic carbocycles. The molecule has 0 fully saturated rings. The van der Waals surface area contributed by atoms with Crippen LogP contribution in [0.2, 0.25) is 0 Å². The highest BCUT2D eigenvalue weighted by Gasteiger charge is 2.17. The Kier molecular flexibility index (Phi) is 3.84. The third kappa shape index (κ3) is 2.93. The van der Waals surface area contributed by atoms with Crippen molar-refractivity contribution in [3.05, 3.63) is 54.0 Å². The molecule has 1 unspecified atom stereocenters. The molecule has 1 heterocycles. The van der Waals surface area contributed by atoms with Crippen LogP contribution in [0, 0.1) is 11.3 Å². The van der Waals surface area contributed by atoms with Gasteiger partial charge in [-0.3, -0.25) is 4.79 Å². The maximum absolute atomic E-state index is 12.0. The van der Waals surface area contributed by atoms with E-state index in [0.29, 0.717) is 17.1 Å². The first-order valence-electron chi connectivity index (χ1n) is 5.62. The lowest BCUT2D eigenvalue weighted by molar-refractivity contribution is 0.0941. The molecule has 96 valence electrons. The fraction of sp³-hybridized carbons (Fsp3) is 0.143. The molecule has 1 N–H and O–H groups in total. The molecule has 5 heteroatoms. The van der Waals surface area contributed by atoms with Crippen molar-refractivity contribution < 1.29 is 13.9 Å². The zero-order valence-electron chi connectivity index (χ0n) is 10.3. The molecule has 1 atom stereocenters. The summed E-state index contributed by atoms with van der Waals surface area (Å²) in [6, 6.07) is 11.1. The average Bonchev–Trinajstić information content (AvgIpc) is 2.98. The van der Waals surface area contributed by atoms with Crippen LogP contribution in [0.25, 0.3) is 0 Å². The smallest absolute Gasteiger partial charge is 0.252 e. The molecule has 1 amide bonds. The van der Waals surface area contributed by atoms with Crippen molar-refractivity contribution in [3.63, 3.8) is 0 Å². The minimum atomic E-state index is -0.801. The number of hydrogen-bond acceptors (Lipinski definition) is 4. The molecule has 0 aliphatic carbocycles. The first-order valence-corrected chi connectivity index (χ1v) is 5.62. The Balaban J connectivity index is 2.09. The fourth-order valence-corrected chi connectivity index (χ4v) is 1.58. The van der Waals surface area contributed by atoms with Crippen LogP contribution in [-0.4, -0.2) is 13.0 Å². The zero-order chi connectivity index (χ0) is 13.7. The molecule has 0 bridgehead atoms. The van der Waals surface area contributed by atoms with E-state index >= 15 is 0 Å². The Bertz CT molecular complexity index is 582. The maximum Gasteiger partial charge on any atom is 0.252 e. The lowest BCUT2D eigenvalue weighted by Gasteiger charge is -2.09. The highest BCUT2D eigenvalue weighted by atomic mass is 16.5. The van der Waals surface area contributed by atoms with E-state index in [-0.39, 0.29) is 5.91 Å². The monoisotopic (exact) mass is 256 g/mol. The van der Waals surface area contributed by atoms with Crippen LogP contribution in [0.15, 0.2) is 47.1 Å². The number of amides is 1. The van der Waals surface area contributed by atoms with Gasteiger partial charge < -0.3 is 14.5 Å². The van der Waals surface area contributed by atoms with E-state index in [1.807, 2.05) is 6.07 Å². The third-order valence-corrected chi connectivity index (χ3v) is 2.58. The number of hydrogen-bond donors (Lipinski definition) is 1. The summed E-state index contributed by atoms with van der Waals surface area (Å²) in [4.78, 5) is 12.0. The summed E-state index contributed by atoms with van der Waals surface area (Å²) in [5, 5.41) is 11.6. The van der Waals surface area contributed by atoms with E-state index in [4.69, 9.17) is 14.4 Å². The molecular formula is C14H12N2O3. The van der Waals surface area contributed by atoms with Gasteiger partial charge in [-0.1, -0.05) is 0 Å². The van der Waals surface area contributed by atoms with E-state index in [2.05, 4.69) is 5.32 Å². The molecule has 0 aliphatic heterocycles. The predicted molar refractivity (Wildman–Crippen MR) is 67.5 cm³/mol. The van der Waals surface area contributed by atoms with E-state index in [9.17, 15) is 4.79 Å². The molecular weight excluding hydrogens is 244 g/mol. The second-order valence-corrected chi connectivity index (χ2v) is 3.78. The molecule has 0 radical (unpaired) electrons. The van der Waals surface area contributed by atoms with E-state index in [1.54, 1.807) is 43.5 Å². The van der Waals surface area contributed by atoms with E-state index < -0.39 is 6.04 Å². The molecule has 2 aromatic rings. The number of carbonyl (C=O) groups is 1. The van der Waals surface area contributed by atoms with Crippen molar-refractivity contribution in [2.75, 3.05) is 7.11 Å². The van der Waals surface area contributed by atoms with E-state index in [0.717, 1.165) is 0 Å². The highest BCUT2D eigenvalue weighted by molar-refractivity contribution is 5.94. The van der Waals surface area contributed by atoms with Gasteiger partial charge in [-0.15, -0.1) is 0 Å². The Morgan fingerprint density at radius 2 is 2.11 bits per heavy atom. The number of nitrogens with one attached hydrogen (secondary N) is 1. The van der Waals surface area contributed by atoms with Crippen LogP contribution in [0.1, 0.15) is 22.2 Å². The van der Waals surface area contributed by atoms with Gasteiger partial charge in [0.1, 0.15) is 11.5 Å². The van der Waals surface area contributed by atoms with Gasteiger partial charge in [-0.25, -0.2) is 0 Å². The van der Waals surface area contributed by atoms with Gasteiger partial charge in [-0.2, -0.15) is 5.26 Å². The summed E-state index contributed by atoms with van der Waals surface area (Å²) in [5.74, 6) is 0.731. The first-order chi connectivity index (χ1) is 9.24. The van der Waals surface area contributed by atoms with Crippen molar-refractivity contribution in [3.8, 4) is 11.8 Å². The molecule has 1 aromatic heterocycles. The summed E-state index contributed by atoms with van der Waals surface area (Å²) in [6.07, 6.45) is 1.46. The van der Waals surface area contributed by atoms with Gasteiger partial charge in [0.15, 0.2) is 6.04 Å². The van der Waals surface area contributed by atoms with Crippen LogP contribution < -0.4 is 10.1 Å². The number of nitrogens with zero attached hydrogens (tertiary/aromatic N) is 1. The molecule has 5 nitrogen and oxygen atoms in total. The lowest BCUT2D eigenvalue weighted by Crippen LogP contribution is -2.27. The SMILES string of the molecule is COc1ccc(C(=O)NC(C#N)c2ccco2)cc1. The number of benzene rings is 1. The van der Waals surface area contributed by atoms with Crippen molar-refractivity contribution in [2.45, 2.75) is 6.04 Å². The highest BCUT2D eigenvalue weighted by Crippen LogP contribution is 2.15. The number of rotatable bonds is 4. The van der Waals surface area contributed by atoms with Gasteiger partial charge in [0.25, 0.3) is 5.91 Å². The average molecular weight is 256 g/mol. The first kappa shape index (κ1) is 12.7. The number of nitriles is 1. The van der Waals surface area contributed by atoms with Crippen LogP contribution in [-0.2, 0) is 0 Å². The number of furan rings is 1. The van der Waals surface area contributed by atoms with Crippen LogP contribution in [0.3, 0.4) is 0 Å². The minimum absolute atomic E-state index is 0.342. The third-order valence-electron chi connectivity index (χ3n) is 2.58. The number of methoxy groups -OCH3 is 1.